The van der Waals surface area contributed by atoms with Gasteiger partial charge in [-0.3, -0.25) is 0 Å². The van der Waals surface area contributed by atoms with Gasteiger partial charge in [0.15, 0.2) is 0 Å². The molecular weight excluding hydrogens is 274 g/mol. The standard InChI is InChI=1S/C19H21NO2/c1-14(2)15-6-8-16(9-7-15)21-12-13-22-19-5-3-4-18-17(19)10-11-20-18/h3-11,14,20H,12-13H2,1-2H3. The molecule has 0 radical (unpaired) electrons. The molecular formula is C19H21NO2. The van der Waals surface area contributed by atoms with Gasteiger partial charge in [0, 0.05) is 17.1 Å². The molecule has 0 amide bonds. The van der Waals surface area contributed by atoms with Crippen LogP contribution in [0.3, 0.4) is 0 Å². The maximum Gasteiger partial charge on any atom is 0.128 e. The van der Waals surface area contributed by atoms with E-state index in [4.69, 9.17) is 9.47 Å². The molecule has 1 N–H and O–H groups in total. The third-order valence-corrected chi connectivity index (χ3v) is 3.71. The van der Waals surface area contributed by atoms with E-state index in [2.05, 4.69) is 31.0 Å². The van der Waals surface area contributed by atoms with Crippen molar-refractivity contribution in [1.29, 1.82) is 0 Å². The summed E-state index contributed by atoms with van der Waals surface area (Å²) in [6.45, 7) is 5.43. The van der Waals surface area contributed by atoms with E-state index in [-0.39, 0.29) is 0 Å². The number of H-pyrrole nitrogens is 1. The summed E-state index contributed by atoms with van der Waals surface area (Å²) >= 11 is 0. The predicted octanol–water partition coefficient (Wildman–Crippen LogP) is 4.75. The summed E-state index contributed by atoms with van der Waals surface area (Å²) < 4.78 is 11.5. The Balaban J connectivity index is 1.52. The first-order valence-electron chi connectivity index (χ1n) is 7.66. The van der Waals surface area contributed by atoms with Crippen molar-refractivity contribution in [2.45, 2.75) is 19.8 Å². The quantitative estimate of drug-likeness (QED) is 0.666. The highest BCUT2D eigenvalue weighted by molar-refractivity contribution is 5.85. The van der Waals surface area contributed by atoms with Crippen LogP contribution in [0, 0.1) is 0 Å². The summed E-state index contributed by atoms with van der Waals surface area (Å²) in [4.78, 5) is 3.18. The number of hydrogen-bond donors (Lipinski definition) is 1. The normalized spacial score (nSPS) is 11.0. The van der Waals surface area contributed by atoms with Gasteiger partial charge < -0.3 is 14.5 Å². The van der Waals surface area contributed by atoms with Crippen LogP contribution in [0.1, 0.15) is 25.3 Å². The Morgan fingerprint density at radius 1 is 0.909 bits per heavy atom. The van der Waals surface area contributed by atoms with Crippen LogP contribution in [-0.2, 0) is 0 Å². The Morgan fingerprint density at radius 2 is 1.68 bits per heavy atom. The number of benzene rings is 2. The van der Waals surface area contributed by atoms with E-state index in [0.29, 0.717) is 19.1 Å². The average molecular weight is 295 g/mol. The van der Waals surface area contributed by atoms with Crippen molar-refractivity contribution in [2.24, 2.45) is 0 Å². The van der Waals surface area contributed by atoms with Gasteiger partial charge in [-0.15, -0.1) is 0 Å². The lowest BCUT2D eigenvalue weighted by Crippen LogP contribution is -2.09. The van der Waals surface area contributed by atoms with Crippen molar-refractivity contribution < 1.29 is 9.47 Å². The van der Waals surface area contributed by atoms with Crippen LogP contribution >= 0.6 is 0 Å². The minimum Gasteiger partial charge on any atom is -0.490 e. The Kier molecular flexibility index (Phi) is 4.33. The van der Waals surface area contributed by atoms with Gasteiger partial charge in [-0.05, 0) is 41.8 Å². The fraction of sp³-hybridized carbons (Fsp3) is 0.263. The highest BCUT2D eigenvalue weighted by Crippen LogP contribution is 2.24. The van der Waals surface area contributed by atoms with E-state index in [1.54, 1.807) is 0 Å². The van der Waals surface area contributed by atoms with Crippen molar-refractivity contribution in [3.05, 3.63) is 60.3 Å². The molecule has 1 heterocycles. The topological polar surface area (TPSA) is 34.2 Å². The highest BCUT2D eigenvalue weighted by atomic mass is 16.5. The lowest BCUT2D eigenvalue weighted by molar-refractivity contribution is 0.218. The lowest BCUT2D eigenvalue weighted by Gasteiger charge is -2.10. The number of hydrogen-bond acceptors (Lipinski definition) is 2. The van der Waals surface area contributed by atoms with E-state index >= 15 is 0 Å². The molecule has 0 atom stereocenters. The SMILES string of the molecule is CC(C)c1ccc(OCCOc2cccc3[nH]ccc23)cc1. The van der Waals surface area contributed by atoms with Crippen LogP contribution in [0.4, 0.5) is 0 Å². The molecule has 0 saturated heterocycles. The molecule has 3 nitrogen and oxygen atoms in total. The third-order valence-electron chi connectivity index (χ3n) is 3.71. The number of aromatic nitrogens is 1. The van der Waals surface area contributed by atoms with Crippen LogP contribution < -0.4 is 9.47 Å². The molecule has 0 aliphatic carbocycles. The second kappa shape index (κ2) is 6.56. The third kappa shape index (κ3) is 3.25. The van der Waals surface area contributed by atoms with Crippen LogP contribution in [0.5, 0.6) is 11.5 Å². The number of nitrogens with one attached hydrogen (secondary N) is 1. The molecule has 0 unspecified atom stereocenters. The fourth-order valence-electron chi connectivity index (χ4n) is 2.44. The number of rotatable bonds is 6. The molecule has 0 spiro atoms. The van der Waals surface area contributed by atoms with E-state index in [1.807, 2.05) is 42.6 Å². The number of fused-ring (bicyclic) bond motifs is 1. The largest absolute Gasteiger partial charge is 0.490 e. The molecule has 0 bridgehead atoms. The van der Waals surface area contributed by atoms with Gasteiger partial charge in [-0.2, -0.15) is 0 Å². The molecule has 2 aromatic carbocycles. The van der Waals surface area contributed by atoms with Gasteiger partial charge >= 0.3 is 0 Å². The summed E-state index contributed by atoms with van der Waals surface area (Å²) in [6, 6.07) is 16.3. The zero-order valence-corrected chi connectivity index (χ0v) is 13.0. The van der Waals surface area contributed by atoms with Gasteiger partial charge in [0.25, 0.3) is 0 Å². The van der Waals surface area contributed by atoms with Crippen LogP contribution in [0.25, 0.3) is 10.9 Å². The van der Waals surface area contributed by atoms with Crippen LogP contribution in [0.15, 0.2) is 54.7 Å². The Bertz CT molecular complexity index is 729. The van der Waals surface area contributed by atoms with Gasteiger partial charge in [-0.25, -0.2) is 0 Å². The average Bonchev–Trinajstić information content (AvgIpc) is 3.01. The van der Waals surface area contributed by atoms with Gasteiger partial charge in [-0.1, -0.05) is 32.0 Å². The first-order chi connectivity index (χ1) is 10.7. The smallest absolute Gasteiger partial charge is 0.128 e. The Labute approximate surface area is 130 Å². The van der Waals surface area contributed by atoms with Crippen LogP contribution in [-0.4, -0.2) is 18.2 Å². The summed E-state index contributed by atoms with van der Waals surface area (Å²) in [5.41, 5.74) is 2.41. The van der Waals surface area contributed by atoms with Crippen molar-refractivity contribution in [3.63, 3.8) is 0 Å². The Morgan fingerprint density at radius 3 is 2.45 bits per heavy atom. The molecule has 0 saturated carbocycles. The second-order valence-corrected chi connectivity index (χ2v) is 5.62. The maximum absolute atomic E-state index is 5.82. The zero-order valence-electron chi connectivity index (χ0n) is 13.0. The minimum absolute atomic E-state index is 0.524. The number of aromatic amines is 1. The van der Waals surface area contributed by atoms with Gasteiger partial charge in [0.2, 0.25) is 0 Å². The van der Waals surface area contributed by atoms with E-state index in [1.165, 1.54) is 5.56 Å². The summed E-state index contributed by atoms with van der Waals surface area (Å²) in [7, 11) is 0. The lowest BCUT2D eigenvalue weighted by atomic mass is 10.0. The van der Waals surface area contributed by atoms with E-state index < -0.39 is 0 Å². The monoisotopic (exact) mass is 295 g/mol. The molecule has 0 aliphatic rings. The first kappa shape index (κ1) is 14.5. The molecule has 0 aliphatic heterocycles. The zero-order chi connectivity index (χ0) is 15.4. The Hall–Kier alpha value is -2.42. The van der Waals surface area contributed by atoms with Gasteiger partial charge in [0.05, 0.1) is 0 Å². The minimum atomic E-state index is 0.524. The van der Waals surface area contributed by atoms with Crippen molar-refractivity contribution >= 4 is 10.9 Å². The summed E-state index contributed by atoms with van der Waals surface area (Å²) in [6.07, 6.45) is 1.92. The van der Waals surface area contributed by atoms with Crippen molar-refractivity contribution in [1.82, 2.24) is 4.98 Å². The molecule has 3 heteroatoms. The van der Waals surface area contributed by atoms with Crippen molar-refractivity contribution in [3.8, 4) is 11.5 Å². The summed E-state index contributed by atoms with van der Waals surface area (Å²) in [5, 5.41) is 1.10. The predicted molar refractivity (Wildman–Crippen MR) is 89.8 cm³/mol. The van der Waals surface area contributed by atoms with Crippen LogP contribution in [0.2, 0.25) is 0 Å². The summed E-state index contributed by atoms with van der Waals surface area (Å²) in [5.74, 6) is 2.31. The molecule has 3 rings (SSSR count). The molecule has 0 fully saturated rings. The van der Waals surface area contributed by atoms with Crippen molar-refractivity contribution in [2.75, 3.05) is 13.2 Å². The maximum atomic E-state index is 5.82. The molecule has 114 valence electrons. The molecule has 22 heavy (non-hydrogen) atoms. The first-order valence-corrected chi connectivity index (χ1v) is 7.66. The highest BCUT2D eigenvalue weighted by Gasteiger charge is 2.03. The second-order valence-electron chi connectivity index (χ2n) is 5.62. The van der Waals surface area contributed by atoms with E-state index in [9.17, 15) is 0 Å². The molecule has 1 aromatic heterocycles. The van der Waals surface area contributed by atoms with Gasteiger partial charge in [0.1, 0.15) is 24.7 Å². The fourth-order valence-corrected chi connectivity index (χ4v) is 2.44. The van der Waals surface area contributed by atoms with E-state index in [0.717, 1.165) is 22.4 Å². The molecule has 3 aromatic rings. The number of ether oxygens (including phenoxy) is 2.